The van der Waals surface area contributed by atoms with Crippen molar-refractivity contribution in [1.29, 1.82) is 0 Å². The first-order valence-electron chi connectivity index (χ1n) is 4.32. The van der Waals surface area contributed by atoms with E-state index in [1.807, 2.05) is 36.4 Å². The maximum absolute atomic E-state index is 11.1. The van der Waals surface area contributed by atoms with Crippen molar-refractivity contribution in [2.45, 2.75) is 12.8 Å². The van der Waals surface area contributed by atoms with E-state index in [-0.39, 0.29) is 5.97 Å². The molecule has 66 valence electrons. The van der Waals surface area contributed by atoms with Gasteiger partial charge >= 0.3 is 5.97 Å². The van der Waals surface area contributed by atoms with Crippen molar-refractivity contribution in [3.05, 3.63) is 35.9 Å². The van der Waals surface area contributed by atoms with Gasteiger partial charge in [0.05, 0.1) is 0 Å². The smallest absolute Gasteiger partial charge is 0.311 e. The summed E-state index contributed by atoms with van der Waals surface area (Å²) < 4.78 is 5.15. The number of fused-ring (bicyclic) bond motifs is 1. The van der Waals surface area contributed by atoms with Crippen molar-refractivity contribution in [3.8, 4) is 5.75 Å². The van der Waals surface area contributed by atoms with Gasteiger partial charge in [0.15, 0.2) is 0 Å². The van der Waals surface area contributed by atoms with Crippen LogP contribution < -0.4 is 4.74 Å². The van der Waals surface area contributed by atoms with Crippen LogP contribution in [0.15, 0.2) is 30.3 Å². The van der Waals surface area contributed by atoms with Crippen LogP contribution in [0.4, 0.5) is 0 Å². The summed E-state index contributed by atoms with van der Waals surface area (Å²) in [7, 11) is 0. The highest BCUT2D eigenvalue weighted by atomic mass is 16.5. The van der Waals surface area contributed by atoms with Crippen LogP contribution in [0, 0.1) is 0 Å². The van der Waals surface area contributed by atoms with E-state index in [1.54, 1.807) is 0 Å². The fourth-order valence-electron chi connectivity index (χ4n) is 1.30. The van der Waals surface area contributed by atoms with Crippen LogP contribution >= 0.6 is 0 Å². The average molecular weight is 174 g/mol. The van der Waals surface area contributed by atoms with E-state index in [0.717, 1.165) is 12.0 Å². The molecule has 1 aromatic carbocycles. The third-order valence-electron chi connectivity index (χ3n) is 1.96. The molecule has 0 bridgehead atoms. The molecule has 1 aliphatic rings. The first-order valence-corrected chi connectivity index (χ1v) is 4.32. The molecule has 0 spiro atoms. The first kappa shape index (κ1) is 8.05. The maximum Gasteiger partial charge on any atom is 0.311 e. The third kappa shape index (κ3) is 1.78. The summed E-state index contributed by atoms with van der Waals surface area (Å²) in [4.78, 5) is 11.1. The van der Waals surface area contributed by atoms with Crippen molar-refractivity contribution in [1.82, 2.24) is 0 Å². The molecule has 2 nitrogen and oxygen atoms in total. The second kappa shape index (κ2) is 3.44. The average Bonchev–Trinajstić information content (AvgIpc) is 2.11. The van der Waals surface area contributed by atoms with Gasteiger partial charge in [-0.3, -0.25) is 4.79 Å². The van der Waals surface area contributed by atoms with Crippen LogP contribution in [0.2, 0.25) is 0 Å². The summed E-state index contributed by atoms with van der Waals surface area (Å²) in [6.07, 6.45) is 5.21. The molecule has 0 saturated carbocycles. The van der Waals surface area contributed by atoms with E-state index in [2.05, 4.69) is 0 Å². The van der Waals surface area contributed by atoms with Crippen LogP contribution in [0.1, 0.15) is 18.4 Å². The lowest BCUT2D eigenvalue weighted by Crippen LogP contribution is -2.08. The van der Waals surface area contributed by atoms with Gasteiger partial charge in [0.2, 0.25) is 0 Å². The van der Waals surface area contributed by atoms with Crippen LogP contribution in [0.5, 0.6) is 5.75 Å². The zero-order valence-electron chi connectivity index (χ0n) is 7.19. The molecular weight excluding hydrogens is 164 g/mol. The molecule has 0 unspecified atom stereocenters. The molecule has 2 rings (SSSR count). The molecule has 13 heavy (non-hydrogen) atoms. The monoisotopic (exact) mass is 174 g/mol. The highest BCUT2D eigenvalue weighted by Crippen LogP contribution is 2.22. The van der Waals surface area contributed by atoms with E-state index < -0.39 is 0 Å². The Bertz CT molecular complexity index is 353. The molecule has 1 aromatic rings. The van der Waals surface area contributed by atoms with Gasteiger partial charge in [-0.2, -0.15) is 0 Å². The number of ether oxygens (including phenoxy) is 1. The van der Waals surface area contributed by atoms with Crippen molar-refractivity contribution in [3.63, 3.8) is 0 Å². The zero-order chi connectivity index (χ0) is 9.10. The SMILES string of the molecule is O=C1CCC=Cc2ccccc2O1. The Hall–Kier alpha value is -1.57. The third-order valence-corrected chi connectivity index (χ3v) is 1.96. The minimum absolute atomic E-state index is 0.156. The highest BCUT2D eigenvalue weighted by molar-refractivity contribution is 5.75. The summed E-state index contributed by atoms with van der Waals surface area (Å²) in [5.41, 5.74) is 0.968. The lowest BCUT2D eigenvalue weighted by atomic mass is 10.1. The molecular formula is C11H10O2. The second-order valence-electron chi connectivity index (χ2n) is 2.95. The van der Waals surface area contributed by atoms with E-state index in [9.17, 15) is 4.79 Å². The molecule has 0 fully saturated rings. The Kier molecular flexibility index (Phi) is 2.13. The number of para-hydroxylation sites is 1. The molecule has 0 aromatic heterocycles. The largest absolute Gasteiger partial charge is 0.426 e. The number of esters is 1. The van der Waals surface area contributed by atoms with E-state index >= 15 is 0 Å². The fraction of sp³-hybridized carbons (Fsp3) is 0.182. The Balaban J connectivity index is 2.41. The maximum atomic E-state index is 11.1. The Morgan fingerprint density at radius 3 is 3.00 bits per heavy atom. The van der Waals surface area contributed by atoms with E-state index in [4.69, 9.17) is 4.74 Å². The van der Waals surface area contributed by atoms with E-state index in [1.165, 1.54) is 0 Å². The van der Waals surface area contributed by atoms with Gasteiger partial charge in [-0.1, -0.05) is 30.4 Å². The molecule has 0 saturated heterocycles. The second-order valence-corrected chi connectivity index (χ2v) is 2.95. The van der Waals surface area contributed by atoms with Gasteiger partial charge in [0, 0.05) is 12.0 Å². The summed E-state index contributed by atoms with van der Waals surface area (Å²) in [5, 5.41) is 0. The summed E-state index contributed by atoms with van der Waals surface area (Å²) in [6.45, 7) is 0. The molecule has 1 aliphatic heterocycles. The number of benzene rings is 1. The lowest BCUT2D eigenvalue weighted by Gasteiger charge is -2.08. The van der Waals surface area contributed by atoms with Gasteiger partial charge in [0.1, 0.15) is 5.75 Å². The molecule has 1 heterocycles. The molecule has 0 N–H and O–H groups in total. The molecule has 0 aliphatic carbocycles. The number of carbonyl (C=O) groups excluding carboxylic acids is 1. The van der Waals surface area contributed by atoms with Crippen LogP contribution in [-0.2, 0) is 4.79 Å². The van der Waals surface area contributed by atoms with Gasteiger partial charge in [-0.25, -0.2) is 0 Å². The van der Waals surface area contributed by atoms with Crippen molar-refractivity contribution >= 4 is 12.0 Å². The predicted octanol–water partition coefficient (Wildman–Crippen LogP) is 2.40. The standard InChI is InChI=1S/C11H10O2/c12-11-8-4-2-6-9-5-1-3-7-10(9)13-11/h1-3,5-7H,4,8H2. The van der Waals surface area contributed by atoms with Crippen LogP contribution in [0.3, 0.4) is 0 Å². The van der Waals surface area contributed by atoms with E-state index in [0.29, 0.717) is 12.2 Å². The van der Waals surface area contributed by atoms with Crippen molar-refractivity contribution < 1.29 is 9.53 Å². The quantitative estimate of drug-likeness (QED) is 0.446. The molecule has 0 amide bonds. The minimum atomic E-state index is -0.156. The highest BCUT2D eigenvalue weighted by Gasteiger charge is 2.08. The number of hydrogen-bond donors (Lipinski definition) is 0. The number of hydrogen-bond acceptors (Lipinski definition) is 2. The van der Waals surface area contributed by atoms with Gasteiger partial charge in [-0.15, -0.1) is 0 Å². The van der Waals surface area contributed by atoms with Gasteiger partial charge in [-0.05, 0) is 12.5 Å². The van der Waals surface area contributed by atoms with Crippen LogP contribution in [0.25, 0.3) is 6.08 Å². The fourth-order valence-corrected chi connectivity index (χ4v) is 1.30. The lowest BCUT2D eigenvalue weighted by molar-refractivity contribution is -0.134. The van der Waals surface area contributed by atoms with Crippen molar-refractivity contribution in [2.24, 2.45) is 0 Å². The number of allylic oxidation sites excluding steroid dienone is 1. The number of carbonyl (C=O) groups is 1. The predicted molar refractivity (Wildman–Crippen MR) is 50.3 cm³/mol. The summed E-state index contributed by atoms with van der Waals surface area (Å²) >= 11 is 0. The van der Waals surface area contributed by atoms with Crippen LogP contribution in [-0.4, -0.2) is 5.97 Å². The summed E-state index contributed by atoms with van der Waals surface area (Å²) in [6, 6.07) is 7.54. The van der Waals surface area contributed by atoms with Gasteiger partial charge in [0.25, 0.3) is 0 Å². The molecule has 0 radical (unpaired) electrons. The zero-order valence-corrected chi connectivity index (χ0v) is 7.19. The Morgan fingerprint density at radius 1 is 1.23 bits per heavy atom. The minimum Gasteiger partial charge on any atom is -0.426 e. The Labute approximate surface area is 76.8 Å². The molecule has 0 atom stereocenters. The van der Waals surface area contributed by atoms with Crippen molar-refractivity contribution in [2.75, 3.05) is 0 Å². The topological polar surface area (TPSA) is 26.3 Å². The normalized spacial score (nSPS) is 15.5. The first-order chi connectivity index (χ1) is 6.36. The molecule has 2 heteroatoms. The number of rotatable bonds is 0. The Morgan fingerprint density at radius 2 is 2.08 bits per heavy atom. The summed E-state index contributed by atoms with van der Waals surface area (Å²) in [5.74, 6) is 0.500. The van der Waals surface area contributed by atoms with Gasteiger partial charge < -0.3 is 4.74 Å².